The van der Waals surface area contributed by atoms with Crippen LogP contribution in [0.25, 0.3) is 0 Å². The van der Waals surface area contributed by atoms with Crippen LogP contribution in [0.15, 0.2) is 16.4 Å². The summed E-state index contributed by atoms with van der Waals surface area (Å²) in [5.74, 6) is 2.68. The predicted molar refractivity (Wildman–Crippen MR) is 78.5 cm³/mol. The molecule has 0 unspecified atom stereocenters. The fourth-order valence-electron chi connectivity index (χ4n) is 1.61. The lowest BCUT2D eigenvalue weighted by atomic mass is 10.4. The maximum atomic E-state index is 4.41. The number of rotatable bonds is 5. The largest absolute Gasteiger partial charge is 0.308 e. The molecular formula is C12H17N5S2. The number of aryl methyl sites for hydroxylation is 2. The first-order valence-corrected chi connectivity index (χ1v) is 8.03. The number of nitrogens with zero attached hydrogens (tertiary/aromatic N) is 5. The summed E-state index contributed by atoms with van der Waals surface area (Å²) in [6.45, 7) is 6.07. The molecule has 2 rings (SSSR count). The van der Waals surface area contributed by atoms with E-state index in [9.17, 15) is 0 Å². The minimum Gasteiger partial charge on any atom is -0.308 e. The molecule has 0 aliphatic rings. The summed E-state index contributed by atoms with van der Waals surface area (Å²) in [6, 6.07) is 1.97. The highest BCUT2D eigenvalue weighted by Gasteiger charge is 2.10. The van der Waals surface area contributed by atoms with Gasteiger partial charge in [-0.05, 0) is 25.7 Å². The third-order valence-corrected chi connectivity index (χ3v) is 4.24. The highest BCUT2D eigenvalue weighted by Crippen LogP contribution is 2.21. The second-order valence-electron chi connectivity index (χ2n) is 4.11. The van der Waals surface area contributed by atoms with Gasteiger partial charge in [0.2, 0.25) is 0 Å². The van der Waals surface area contributed by atoms with E-state index < -0.39 is 0 Å². The molecule has 102 valence electrons. The molecule has 0 fully saturated rings. The van der Waals surface area contributed by atoms with Gasteiger partial charge < -0.3 is 4.57 Å². The van der Waals surface area contributed by atoms with Gasteiger partial charge in [-0.1, -0.05) is 30.4 Å². The van der Waals surface area contributed by atoms with E-state index in [4.69, 9.17) is 0 Å². The number of thioether (sulfide) groups is 2. The van der Waals surface area contributed by atoms with Crippen LogP contribution in [0, 0.1) is 13.8 Å². The Balaban J connectivity index is 2.06. The van der Waals surface area contributed by atoms with Gasteiger partial charge in [0.05, 0.1) is 5.75 Å². The molecule has 0 N–H and O–H groups in total. The molecule has 0 saturated heterocycles. The Labute approximate surface area is 121 Å². The van der Waals surface area contributed by atoms with Gasteiger partial charge in [-0.2, -0.15) is 0 Å². The van der Waals surface area contributed by atoms with Gasteiger partial charge >= 0.3 is 0 Å². The minimum atomic E-state index is 0.733. The summed E-state index contributed by atoms with van der Waals surface area (Å²) in [6.07, 6.45) is 0. The molecule has 2 aromatic rings. The Morgan fingerprint density at radius 3 is 2.42 bits per heavy atom. The van der Waals surface area contributed by atoms with Gasteiger partial charge in [-0.3, -0.25) is 0 Å². The van der Waals surface area contributed by atoms with Crippen LogP contribution in [0.2, 0.25) is 0 Å². The predicted octanol–water partition coefficient (Wildman–Crippen LogP) is 2.63. The SMILES string of the molecule is CCSc1nnc(CSc2nc(C)cc(C)n2)n1C. The van der Waals surface area contributed by atoms with Gasteiger partial charge in [-0.25, -0.2) is 9.97 Å². The number of hydrogen-bond donors (Lipinski definition) is 0. The highest BCUT2D eigenvalue weighted by atomic mass is 32.2. The summed E-state index contributed by atoms with van der Waals surface area (Å²) in [5.41, 5.74) is 1.99. The molecule has 5 nitrogen and oxygen atoms in total. The normalized spacial score (nSPS) is 10.9. The number of aromatic nitrogens is 5. The lowest BCUT2D eigenvalue weighted by Gasteiger charge is -2.03. The quantitative estimate of drug-likeness (QED) is 0.624. The Bertz CT molecular complexity index is 547. The summed E-state index contributed by atoms with van der Waals surface area (Å²) in [5, 5.41) is 10.1. The minimum absolute atomic E-state index is 0.733. The first kappa shape index (κ1) is 14.3. The van der Waals surface area contributed by atoms with Crippen LogP contribution in [-0.2, 0) is 12.8 Å². The van der Waals surface area contributed by atoms with Crippen LogP contribution in [0.4, 0.5) is 0 Å². The molecular weight excluding hydrogens is 278 g/mol. The third-order valence-electron chi connectivity index (χ3n) is 2.49. The average Bonchev–Trinajstić information content (AvgIpc) is 2.68. The smallest absolute Gasteiger partial charge is 0.190 e. The van der Waals surface area contributed by atoms with Crippen LogP contribution >= 0.6 is 23.5 Å². The van der Waals surface area contributed by atoms with Crippen molar-refractivity contribution in [3.8, 4) is 0 Å². The van der Waals surface area contributed by atoms with Crippen molar-refractivity contribution in [2.24, 2.45) is 7.05 Å². The Kier molecular flexibility index (Phi) is 4.81. The molecule has 0 aromatic carbocycles. The monoisotopic (exact) mass is 295 g/mol. The maximum Gasteiger partial charge on any atom is 0.190 e. The molecule has 19 heavy (non-hydrogen) atoms. The van der Waals surface area contributed by atoms with E-state index in [-0.39, 0.29) is 0 Å². The van der Waals surface area contributed by atoms with E-state index in [0.717, 1.165) is 39.0 Å². The van der Waals surface area contributed by atoms with Crippen molar-refractivity contribution < 1.29 is 0 Å². The van der Waals surface area contributed by atoms with Gasteiger partial charge in [0.25, 0.3) is 0 Å². The molecule has 0 amide bonds. The lowest BCUT2D eigenvalue weighted by Crippen LogP contribution is -1.99. The molecule has 7 heteroatoms. The topological polar surface area (TPSA) is 56.5 Å². The summed E-state index contributed by atoms with van der Waals surface area (Å²) in [4.78, 5) is 8.82. The van der Waals surface area contributed by atoms with Gasteiger partial charge in [0.1, 0.15) is 5.82 Å². The molecule has 2 heterocycles. The first-order chi connectivity index (χ1) is 9.10. The molecule has 0 radical (unpaired) electrons. The molecule has 2 aromatic heterocycles. The molecule has 0 spiro atoms. The Morgan fingerprint density at radius 1 is 1.11 bits per heavy atom. The highest BCUT2D eigenvalue weighted by molar-refractivity contribution is 7.99. The van der Waals surface area contributed by atoms with Crippen molar-refractivity contribution in [1.82, 2.24) is 24.7 Å². The number of hydrogen-bond acceptors (Lipinski definition) is 6. The summed E-state index contributed by atoms with van der Waals surface area (Å²) >= 11 is 3.29. The molecule has 0 saturated carbocycles. The average molecular weight is 295 g/mol. The van der Waals surface area contributed by atoms with Crippen molar-refractivity contribution >= 4 is 23.5 Å². The zero-order valence-electron chi connectivity index (χ0n) is 11.5. The summed E-state index contributed by atoms with van der Waals surface area (Å²) < 4.78 is 2.03. The second-order valence-corrected chi connectivity index (χ2v) is 6.29. The van der Waals surface area contributed by atoms with Gasteiger partial charge in [0, 0.05) is 18.4 Å². The Morgan fingerprint density at radius 2 is 1.79 bits per heavy atom. The lowest BCUT2D eigenvalue weighted by molar-refractivity contribution is 0.761. The molecule has 0 aliphatic carbocycles. The van der Waals surface area contributed by atoms with Crippen LogP contribution in [-0.4, -0.2) is 30.5 Å². The summed E-state index contributed by atoms with van der Waals surface area (Å²) in [7, 11) is 2.00. The van der Waals surface area contributed by atoms with E-state index in [1.807, 2.05) is 31.5 Å². The van der Waals surface area contributed by atoms with Crippen LogP contribution in [0.3, 0.4) is 0 Å². The van der Waals surface area contributed by atoms with E-state index in [1.165, 1.54) is 0 Å². The van der Waals surface area contributed by atoms with E-state index >= 15 is 0 Å². The molecule has 0 bridgehead atoms. The fourth-order valence-corrected chi connectivity index (χ4v) is 3.20. The Hall–Kier alpha value is -1.08. The second kappa shape index (κ2) is 6.38. The van der Waals surface area contributed by atoms with Crippen molar-refractivity contribution in [2.75, 3.05) is 5.75 Å². The molecule has 0 aliphatic heterocycles. The zero-order chi connectivity index (χ0) is 13.8. The van der Waals surface area contributed by atoms with Crippen LogP contribution in [0.1, 0.15) is 24.1 Å². The van der Waals surface area contributed by atoms with Crippen molar-refractivity contribution in [3.05, 3.63) is 23.3 Å². The fraction of sp³-hybridized carbons (Fsp3) is 0.500. The van der Waals surface area contributed by atoms with Crippen molar-refractivity contribution in [3.63, 3.8) is 0 Å². The van der Waals surface area contributed by atoms with Gasteiger partial charge in [-0.15, -0.1) is 10.2 Å². The van der Waals surface area contributed by atoms with Crippen LogP contribution < -0.4 is 0 Å². The van der Waals surface area contributed by atoms with E-state index in [1.54, 1.807) is 23.5 Å². The molecule has 0 atom stereocenters. The van der Waals surface area contributed by atoms with Crippen molar-refractivity contribution in [2.45, 2.75) is 36.8 Å². The zero-order valence-corrected chi connectivity index (χ0v) is 13.2. The first-order valence-electron chi connectivity index (χ1n) is 6.06. The standard InChI is InChI=1S/C12H17N5S2/c1-5-18-12-16-15-10(17(12)4)7-19-11-13-8(2)6-9(3)14-11/h6H,5,7H2,1-4H3. The van der Waals surface area contributed by atoms with Crippen molar-refractivity contribution in [1.29, 1.82) is 0 Å². The van der Waals surface area contributed by atoms with E-state index in [2.05, 4.69) is 27.1 Å². The van der Waals surface area contributed by atoms with E-state index in [0.29, 0.717) is 0 Å². The third kappa shape index (κ3) is 3.70. The maximum absolute atomic E-state index is 4.41. The van der Waals surface area contributed by atoms with Gasteiger partial charge in [0.15, 0.2) is 10.3 Å². The van der Waals surface area contributed by atoms with Crippen LogP contribution in [0.5, 0.6) is 0 Å².